The summed E-state index contributed by atoms with van der Waals surface area (Å²) >= 11 is 4.91. The van der Waals surface area contributed by atoms with Gasteiger partial charge in [0.25, 0.3) is 0 Å². The molecule has 0 heterocycles. The van der Waals surface area contributed by atoms with E-state index in [2.05, 4.69) is 17.1 Å². The van der Waals surface area contributed by atoms with E-state index in [0.717, 1.165) is 30.3 Å². The molecule has 1 fully saturated rings. The molecule has 1 saturated carbocycles. The highest BCUT2D eigenvalue weighted by atomic mass is 32.1. The fourth-order valence-corrected chi connectivity index (χ4v) is 2.46. The Hall–Kier alpha value is -1.46. The van der Waals surface area contributed by atoms with Crippen LogP contribution in [0.4, 0.5) is 5.69 Å². The first-order valence-corrected chi connectivity index (χ1v) is 7.87. The van der Waals surface area contributed by atoms with Gasteiger partial charge in [0, 0.05) is 17.8 Å². The number of rotatable bonds is 7. The number of carbonyl (C=O) groups is 1. The van der Waals surface area contributed by atoms with Gasteiger partial charge in [-0.25, -0.2) is 0 Å². The topological polar surface area (TPSA) is 58.4 Å². The summed E-state index contributed by atoms with van der Waals surface area (Å²) in [6, 6.07) is 7.19. The van der Waals surface area contributed by atoms with Crippen LogP contribution in [0.2, 0.25) is 0 Å². The number of thiocarbonyl (C=S) groups is 1. The van der Waals surface area contributed by atoms with Crippen LogP contribution in [-0.2, 0) is 4.79 Å². The van der Waals surface area contributed by atoms with Gasteiger partial charge in [-0.1, -0.05) is 19.1 Å². The van der Waals surface area contributed by atoms with Crippen molar-refractivity contribution in [2.75, 3.05) is 18.4 Å². The van der Waals surface area contributed by atoms with Gasteiger partial charge in [-0.15, -0.1) is 0 Å². The number of carbonyl (C=O) groups excluding carboxylic acids is 1. The van der Waals surface area contributed by atoms with Crippen LogP contribution < -0.4 is 11.1 Å². The summed E-state index contributed by atoms with van der Waals surface area (Å²) in [6.45, 7) is 5.98. The second-order valence-electron chi connectivity index (χ2n) is 5.64. The van der Waals surface area contributed by atoms with Crippen molar-refractivity contribution in [3.63, 3.8) is 0 Å². The minimum Gasteiger partial charge on any atom is -0.389 e. The number of amides is 1. The van der Waals surface area contributed by atoms with Crippen LogP contribution in [0.25, 0.3) is 0 Å². The zero-order valence-electron chi connectivity index (χ0n) is 12.6. The molecule has 21 heavy (non-hydrogen) atoms. The smallest absolute Gasteiger partial charge is 0.241 e. The number of benzene rings is 1. The van der Waals surface area contributed by atoms with Crippen molar-refractivity contribution >= 4 is 28.8 Å². The monoisotopic (exact) mass is 305 g/mol. The highest BCUT2D eigenvalue weighted by Crippen LogP contribution is 2.30. The summed E-state index contributed by atoms with van der Waals surface area (Å²) in [6.07, 6.45) is 2.59. The molecule has 0 aliphatic heterocycles. The van der Waals surface area contributed by atoms with Gasteiger partial charge in [0.05, 0.1) is 6.04 Å². The zero-order valence-corrected chi connectivity index (χ0v) is 13.5. The maximum atomic E-state index is 12.3. The number of nitrogens with one attached hydrogen (secondary N) is 1. The predicted molar refractivity (Wildman–Crippen MR) is 90.4 cm³/mol. The molecule has 0 saturated heterocycles. The average Bonchev–Trinajstić information content (AvgIpc) is 3.28. The Labute approximate surface area is 131 Å². The zero-order chi connectivity index (χ0) is 15.4. The van der Waals surface area contributed by atoms with E-state index in [1.807, 2.05) is 31.2 Å². The van der Waals surface area contributed by atoms with Crippen LogP contribution in [-0.4, -0.2) is 34.9 Å². The summed E-state index contributed by atoms with van der Waals surface area (Å²) in [7, 11) is 0. The predicted octanol–water partition coefficient (Wildman–Crippen LogP) is 2.38. The number of likely N-dealkylation sites (N-methyl/N-ethyl adjacent to an activating group) is 1. The normalized spacial score (nSPS) is 15.8. The maximum Gasteiger partial charge on any atom is 0.241 e. The van der Waals surface area contributed by atoms with Crippen molar-refractivity contribution in [1.29, 1.82) is 0 Å². The Kier molecular flexibility index (Phi) is 5.31. The van der Waals surface area contributed by atoms with E-state index in [1.54, 1.807) is 0 Å². The summed E-state index contributed by atoms with van der Waals surface area (Å²) in [5, 5.41) is 2.95. The van der Waals surface area contributed by atoms with E-state index >= 15 is 0 Å². The van der Waals surface area contributed by atoms with Gasteiger partial charge in [-0.3, -0.25) is 9.69 Å². The van der Waals surface area contributed by atoms with Crippen molar-refractivity contribution < 1.29 is 4.79 Å². The summed E-state index contributed by atoms with van der Waals surface area (Å²) in [5.41, 5.74) is 7.14. The maximum absolute atomic E-state index is 12.3. The van der Waals surface area contributed by atoms with Gasteiger partial charge in [-0.05, 0) is 56.5 Å². The number of anilines is 1. The molecule has 0 spiro atoms. The lowest BCUT2D eigenvalue weighted by Gasteiger charge is -2.26. The molecule has 2 rings (SSSR count). The quantitative estimate of drug-likeness (QED) is 0.759. The number of nitrogens with zero attached hydrogens (tertiary/aromatic N) is 1. The molecule has 5 heteroatoms. The molecule has 1 aliphatic carbocycles. The Morgan fingerprint density at radius 1 is 1.43 bits per heavy atom. The Morgan fingerprint density at radius 2 is 2.05 bits per heavy atom. The second kappa shape index (κ2) is 7.00. The highest BCUT2D eigenvalue weighted by molar-refractivity contribution is 7.80. The van der Waals surface area contributed by atoms with Gasteiger partial charge in [0.15, 0.2) is 0 Å². The molecule has 114 valence electrons. The van der Waals surface area contributed by atoms with Crippen LogP contribution in [0.3, 0.4) is 0 Å². The molecule has 1 aromatic rings. The summed E-state index contributed by atoms with van der Waals surface area (Å²) in [4.78, 5) is 14.9. The average molecular weight is 305 g/mol. The molecule has 1 amide bonds. The van der Waals surface area contributed by atoms with Crippen molar-refractivity contribution in [3.8, 4) is 0 Å². The molecular weight excluding hydrogens is 282 g/mol. The van der Waals surface area contributed by atoms with Gasteiger partial charge in [0.1, 0.15) is 4.99 Å². The Bertz CT molecular complexity index is 511. The Morgan fingerprint density at radius 3 is 2.52 bits per heavy atom. The van der Waals surface area contributed by atoms with Crippen LogP contribution >= 0.6 is 12.2 Å². The van der Waals surface area contributed by atoms with E-state index in [4.69, 9.17) is 18.0 Å². The molecule has 1 aromatic carbocycles. The molecule has 0 radical (unpaired) electrons. The molecule has 0 bridgehead atoms. The summed E-state index contributed by atoms with van der Waals surface area (Å²) < 4.78 is 0. The molecule has 1 aliphatic rings. The lowest BCUT2D eigenvalue weighted by atomic mass is 10.2. The standard InChI is InChI=1S/C16H23N3OS/c1-3-19(10-12-4-5-12)11(2)16(20)18-14-8-6-13(7-9-14)15(17)21/h6-9,11-12H,3-5,10H2,1-2H3,(H2,17,21)(H,18,20). The third-order valence-corrected chi connectivity index (χ3v) is 4.20. The minimum absolute atomic E-state index is 0.0283. The number of hydrogen-bond donors (Lipinski definition) is 2. The Balaban J connectivity index is 1.93. The fourth-order valence-electron chi connectivity index (χ4n) is 2.32. The van der Waals surface area contributed by atoms with Gasteiger partial charge < -0.3 is 11.1 Å². The first-order chi connectivity index (χ1) is 10.0. The van der Waals surface area contributed by atoms with Crippen molar-refractivity contribution in [3.05, 3.63) is 29.8 Å². The second-order valence-corrected chi connectivity index (χ2v) is 6.08. The largest absolute Gasteiger partial charge is 0.389 e. The third kappa shape index (κ3) is 4.51. The highest BCUT2D eigenvalue weighted by Gasteiger charge is 2.28. The van der Waals surface area contributed by atoms with Crippen LogP contribution in [0, 0.1) is 5.92 Å². The summed E-state index contributed by atoms with van der Waals surface area (Å²) in [5.74, 6) is 0.811. The number of hydrogen-bond acceptors (Lipinski definition) is 3. The van der Waals surface area contributed by atoms with Gasteiger partial charge >= 0.3 is 0 Å². The lowest BCUT2D eigenvalue weighted by Crippen LogP contribution is -2.43. The first kappa shape index (κ1) is 15.9. The fraction of sp³-hybridized carbons (Fsp3) is 0.500. The lowest BCUT2D eigenvalue weighted by molar-refractivity contribution is -0.120. The molecule has 0 aromatic heterocycles. The van der Waals surface area contributed by atoms with Crippen molar-refractivity contribution in [2.45, 2.75) is 32.7 Å². The van der Waals surface area contributed by atoms with Gasteiger partial charge in [0.2, 0.25) is 5.91 Å². The van der Waals surface area contributed by atoms with Crippen molar-refractivity contribution in [2.24, 2.45) is 11.7 Å². The van der Waals surface area contributed by atoms with E-state index in [0.29, 0.717) is 4.99 Å². The van der Waals surface area contributed by atoms with E-state index in [-0.39, 0.29) is 11.9 Å². The number of nitrogens with two attached hydrogens (primary N) is 1. The van der Waals surface area contributed by atoms with E-state index in [9.17, 15) is 4.79 Å². The van der Waals surface area contributed by atoms with E-state index < -0.39 is 0 Å². The SMILES string of the molecule is CCN(CC1CC1)C(C)C(=O)Nc1ccc(C(N)=S)cc1. The van der Waals surface area contributed by atoms with Crippen molar-refractivity contribution in [1.82, 2.24) is 4.90 Å². The van der Waals surface area contributed by atoms with Gasteiger partial charge in [-0.2, -0.15) is 0 Å². The molecule has 1 atom stereocenters. The molecule has 4 nitrogen and oxygen atoms in total. The molecular formula is C16H23N3OS. The van der Waals surface area contributed by atoms with E-state index in [1.165, 1.54) is 12.8 Å². The van der Waals surface area contributed by atoms with Crippen LogP contribution in [0.1, 0.15) is 32.3 Å². The van der Waals surface area contributed by atoms with Crippen LogP contribution in [0.5, 0.6) is 0 Å². The molecule has 1 unspecified atom stereocenters. The minimum atomic E-state index is -0.120. The first-order valence-electron chi connectivity index (χ1n) is 7.46. The van der Waals surface area contributed by atoms with Crippen LogP contribution in [0.15, 0.2) is 24.3 Å². The third-order valence-electron chi connectivity index (χ3n) is 3.96. The molecule has 3 N–H and O–H groups in total.